The molecular formula is C19H17ClO. The Labute approximate surface area is 130 Å². The van der Waals surface area contributed by atoms with E-state index < -0.39 is 0 Å². The lowest BCUT2D eigenvalue weighted by molar-refractivity contribution is 0.370. The molecule has 2 heteroatoms. The highest BCUT2D eigenvalue weighted by Crippen LogP contribution is 2.27. The van der Waals surface area contributed by atoms with Crippen LogP contribution in [0.1, 0.15) is 24.0 Å². The molecule has 0 heterocycles. The number of halogens is 1. The molecule has 0 unspecified atom stereocenters. The number of hydrogen-bond donors (Lipinski definition) is 0. The third kappa shape index (κ3) is 4.28. The van der Waals surface area contributed by atoms with Gasteiger partial charge in [0.15, 0.2) is 0 Å². The maximum Gasteiger partial charge on any atom is 0.149 e. The van der Waals surface area contributed by atoms with Gasteiger partial charge in [-0.25, -0.2) is 0 Å². The minimum atomic E-state index is 0.473. The molecule has 21 heavy (non-hydrogen) atoms. The SMILES string of the molecule is Clc1ccccc1Cc1ccc(OCC#CC2CC2)cc1. The van der Waals surface area contributed by atoms with E-state index in [2.05, 4.69) is 30.0 Å². The highest BCUT2D eigenvalue weighted by Gasteiger charge is 2.17. The van der Waals surface area contributed by atoms with Crippen molar-refractivity contribution in [2.24, 2.45) is 5.92 Å². The molecule has 1 fully saturated rings. The van der Waals surface area contributed by atoms with Crippen molar-refractivity contribution in [1.29, 1.82) is 0 Å². The predicted octanol–water partition coefficient (Wildman–Crippen LogP) is 4.72. The van der Waals surface area contributed by atoms with Crippen LogP contribution in [-0.4, -0.2) is 6.61 Å². The Kier molecular flexibility index (Phi) is 4.48. The molecule has 1 aliphatic rings. The van der Waals surface area contributed by atoms with Gasteiger partial charge in [0.1, 0.15) is 12.4 Å². The van der Waals surface area contributed by atoms with E-state index in [1.807, 2.05) is 30.3 Å². The van der Waals surface area contributed by atoms with E-state index in [9.17, 15) is 0 Å². The van der Waals surface area contributed by atoms with Crippen LogP contribution >= 0.6 is 11.6 Å². The first-order valence-corrected chi connectivity index (χ1v) is 7.62. The van der Waals surface area contributed by atoms with Crippen molar-refractivity contribution < 1.29 is 4.74 Å². The van der Waals surface area contributed by atoms with Crippen LogP contribution in [0, 0.1) is 17.8 Å². The number of ether oxygens (including phenoxy) is 1. The number of rotatable bonds is 4. The fraction of sp³-hybridized carbons (Fsp3) is 0.263. The minimum Gasteiger partial charge on any atom is -0.481 e. The Morgan fingerprint density at radius 3 is 2.52 bits per heavy atom. The van der Waals surface area contributed by atoms with Crippen LogP contribution in [0.15, 0.2) is 48.5 Å². The number of hydrogen-bond acceptors (Lipinski definition) is 1. The summed E-state index contributed by atoms with van der Waals surface area (Å²) in [6.07, 6.45) is 3.34. The summed E-state index contributed by atoms with van der Waals surface area (Å²) in [6, 6.07) is 16.1. The Hall–Kier alpha value is -1.91. The zero-order valence-electron chi connectivity index (χ0n) is 11.8. The summed E-state index contributed by atoms with van der Waals surface area (Å²) in [4.78, 5) is 0. The van der Waals surface area contributed by atoms with Gasteiger partial charge in [0, 0.05) is 10.9 Å². The zero-order chi connectivity index (χ0) is 14.5. The molecule has 0 N–H and O–H groups in total. The third-order valence-corrected chi connectivity index (χ3v) is 3.84. The zero-order valence-corrected chi connectivity index (χ0v) is 12.6. The van der Waals surface area contributed by atoms with E-state index in [1.165, 1.54) is 18.4 Å². The topological polar surface area (TPSA) is 9.23 Å². The largest absolute Gasteiger partial charge is 0.481 e. The van der Waals surface area contributed by atoms with Gasteiger partial charge in [0.2, 0.25) is 0 Å². The summed E-state index contributed by atoms with van der Waals surface area (Å²) in [5.41, 5.74) is 2.36. The van der Waals surface area contributed by atoms with Crippen LogP contribution in [0.5, 0.6) is 5.75 Å². The van der Waals surface area contributed by atoms with Gasteiger partial charge in [-0.3, -0.25) is 0 Å². The molecular weight excluding hydrogens is 280 g/mol. The van der Waals surface area contributed by atoms with E-state index in [0.29, 0.717) is 12.5 Å². The molecule has 0 spiro atoms. The predicted molar refractivity (Wildman–Crippen MR) is 86.7 cm³/mol. The van der Waals surface area contributed by atoms with Crippen molar-refractivity contribution in [3.63, 3.8) is 0 Å². The molecule has 1 saturated carbocycles. The summed E-state index contributed by atoms with van der Waals surface area (Å²) in [5.74, 6) is 7.75. The van der Waals surface area contributed by atoms with E-state index in [4.69, 9.17) is 16.3 Å². The molecule has 0 aromatic heterocycles. The Bertz CT molecular complexity index is 660. The van der Waals surface area contributed by atoms with Crippen molar-refractivity contribution >= 4 is 11.6 Å². The van der Waals surface area contributed by atoms with E-state index in [1.54, 1.807) is 0 Å². The molecule has 0 atom stereocenters. The van der Waals surface area contributed by atoms with Crippen LogP contribution in [0.3, 0.4) is 0 Å². The van der Waals surface area contributed by atoms with Crippen LogP contribution in [0.4, 0.5) is 0 Å². The summed E-state index contributed by atoms with van der Waals surface area (Å²) in [7, 11) is 0. The summed E-state index contributed by atoms with van der Waals surface area (Å²) < 4.78 is 5.61. The third-order valence-electron chi connectivity index (χ3n) is 3.47. The fourth-order valence-electron chi connectivity index (χ4n) is 2.10. The first-order chi connectivity index (χ1) is 10.3. The molecule has 1 nitrogen and oxygen atoms in total. The van der Waals surface area contributed by atoms with Crippen LogP contribution in [-0.2, 0) is 6.42 Å². The van der Waals surface area contributed by atoms with E-state index >= 15 is 0 Å². The van der Waals surface area contributed by atoms with Gasteiger partial charge in [-0.1, -0.05) is 53.8 Å². The van der Waals surface area contributed by atoms with Gasteiger partial charge in [0.05, 0.1) is 0 Å². The van der Waals surface area contributed by atoms with Gasteiger partial charge in [-0.15, -0.1) is 0 Å². The summed E-state index contributed by atoms with van der Waals surface area (Å²) >= 11 is 6.18. The lowest BCUT2D eigenvalue weighted by atomic mass is 10.1. The average molecular weight is 297 g/mol. The highest BCUT2D eigenvalue weighted by molar-refractivity contribution is 6.31. The van der Waals surface area contributed by atoms with Crippen molar-refractivity contribution in [2.45, 2.75) is 19.3 Å². The second-order valence-electron chi connectivity index (χ2n) is 5.30. The molecule has 0 radical (unpaired) electrons. The Morgan fingerprint density at radius 1 is 1.05 bits per heavy atom. The molecule has 2 aromatic rings. The highest BCUT2D eigenvalue weighted by atomic mass is 35.5. The Morgan fingerprint density at radius 2 is 1.81 bits per heavy atom. The van der Waals surface area contributed by atoms with Crippen molar-refractivity contribution in [3.05, 3.63) is 64.7 Å². The van der Waals surface area contributed by atoms with Gasteiger partial charge in [0.25, 0.3) is 0 Å². The lowest BCUT2D eigenvalue weighted by Gasteiger charge is -2.06. The molecule has 0 aliphatic heterocycles. The summed E-state index contributed by atoms with van der Waals surface area (Å²) in [6.45, 7) is 0.473. The quantitative estimate of drug-likeness (QED) is 0.742. The van der Waals surface area contributed by atoms with Crippen molar-refractivity contribution in [3.8, 4) is 17.6 Å². The second kappa shape index (κ2) is 6.70. The van der Waals surface area contributed by atoms with Crippen LogP contribution in [0.2, 0.25) is 5.02 Å². The van der Waals surface area contributed by atoms with Gasteiger partial charge >= 0.3 is 0 Å². The number of benzene rings is 2. The van der Waals surface area contributed by atoms with Gasteiger partial charge in [-0.2, -0.15) is 0 Å². The second-order valence-corrected chi connectivity index (χ2v) is 5.70. The first kappa shape index (κ1) is 14.0. The molecule has 3 rings (SSSR count). The van der Waals surface area contributed by atoms with Crippen molar-refractivity contribution in [1.82, 2.24) is 0 Å². The Balaban J connectivity index is 1.56. The monoisotopic (exact) mass is 296 g/mol. The van der Waals surface area contributed by atoms with E-state index in [-0.39, 0.29) is 0 Å². The lowest BCUT2D eigenvalue weighted by Crippen LogP contribution is -1.95. The average Bonchev–Trinajstić information content (AvgIpc) is 3.32. The molecule has 0 saturated heterocycles. The standard InChI is InChI=1S/C19H17ClO/c20-19-6-2-1-5-17(19)14-16-9-11-18(12-10-16)21-13-3-4-15-7-8-15/h1-2,5-6,9-12,15H,7-8,13-14H2. The van der Waals surface area contributed by atoms with E-state index in [0.717, 1.165) is 22.8 Å². The minimum absolute atomic E-state index is 0.473. The van der Waals surface area contributed by atoms with Crippen LogP contribution in [0.25, 0.3) is 0 Å². The maximum absolute atomic E-state index is 6.18. The normalized spacial score (nSPS) is 13.4. The maximum atomic E-state index is 6.18. The van der Waals surface area contributed by atoms with Crippen molar-refractivity contribution in [2.75, 3.05) is 6.61 Å². The smallest absolute Gasteiger partial charge is 0.149 e. The molecule has 1 aliphatic carbocycles. The van der Waals surface area contributed by atoms with Gasteiger partial charge in [-0.05, 0) is 48.6 Å². The first-order valence-electron chi connectivity index (χ1n) is 7.25. The molecule has 2 aromatic carbocycles. The summed E-state index contributed by atoms with van der Waals surface area (Å²) in [5, 5.41) is 0.813. The van der Waals surface area contributed by atoms with Gasteiger partial charge < -0.3 is 4.74 Å². The molecule has 0 amide bonds. The molecule has 0 bridgehead atoms. The molecule has 106 valence electrons. The fourth-order valence-corrected chi connectivity index (χ4v) is 2.30. The van der Waals surface area contributed by atoms with Crippen LogP contribution < -0.4 is 4.74 Å².